The van der Waals surface area contributed by atoms with E-state index in [-0.39, 0.29) is 0 Å². The monoisotopic (exact) mass is 229 g/mol. The number of unbranched alkanes of at least 4 members (excludes halogenated alkanes) is 6. The van der Waals surface area contributed by atoms with Crippen LogP contribution in [0.3, 0.4) is 0 Å². The van der Waals surface area contributed by atoms with Crippen LogP contribution in [0.5, 0.6) is 0 Å². The maximum Gasteiger partial charge on any atom is 0.0558 e. The largest absolute Gasteiger partial charge is 0.382 e. The van der Waals surface area contributed by atoms with Crippen molar-refractivity contribution < 1.29 is 4.74 Å². The lowest BCUT2D eigenvalue weighted by molar-refractivity contribution is 0.103. The molecule has 0 aromatic carbocycles. The van der Waals surface area contributed by atoms with Gasteiger partial charge in [0, 0.05) is 13.2 Å². The third-order valence-corrected chi connectivity index (χ3v) is 3.22. The Morgan fingerprint density at radius 3 is 2.12 bits per heavy atom. The van der Waals surface area contributed by atoms with E-state index < -0.39 is 0 Å². The van der Waals surface area contributed by atoms with E-state index in [1.165, 1.54) is 44.9 Å². The van der Waals surface area contributed by atoms with E-state index in [0.717, 1.165) is 12.8 Å². The van der Waals surface area contributed by atoms with Crippen molar-refractivity contribution in [1.29, 1.82) is 0 Å². The molecule has 0 saturated carbocycles. The van der Waals surface area contributed by atoms with Crippen LogP contribution in [-0.4, -0.2) is 19.3 Å². The van der Waals surface area contributed by atoms with Crippen molar-refractivity contribution in [2.75, 3.05) is 7.11 Å². The van der Waals surface area contributed by atoms with Crippen LogP contribution in [0.15, 0.2) is 0 Å². The minimum Gasteiger partial charge on any atom is -0.382 e. The second kappa shape index (κ2) is 11.4. The molecular weight excluding hydrogens is 198 g/mol. The molecule has 0 saturated heterocycles. The number of ether oxygens (including phenoxy) is 1. The first-order valence-electron chi connectivity index (χ1n) is 6.99. The normalized spacial score (nSPS) is 15.0. The van der Waals surface area contributed by atoms with Gasteiger partial charge in [-0.1, -0.05) is 51.9 Å². The van der Waals surface area contributed by atoms with Gasteiger partial charge in [-0.15, -0.1) is 0 Å². The van der Waals surface area contributed by atoms with Crippen LogP contribution < -0.4 is 5.73 Å². The first-order valence-corrected chi connectivity index (χ1v) is 6.99. The van der Waals surface area contributed by atoms with Gasteiger partial charge in [0.1, 0.15) is 0 Å². The second-order valence-electron chi connectivity index (χ2n) is 4.95. The van der Waals surface area contributed by atoms with Gasteiger partial charge in [-0.05, 0) is 19.8 Å². The van der Waals surface area contributed by atoms with Crippen molar-refractivity contribution in [2.24, 2.45) is 5.73 Å². The van der Waals surface area contributed by atoms with Gasteiger partial charge in [0.15, 0.2) is 0 Å². The number of hydrogen-bond acceptors (Lipinski definition) is 2. The molecule has 2 N–H and O–H groups in total. The van der Waals surface area contributed by atoms with E-state index in [4.69, 9.17) is 10.5 Å². The summed E-state index contributed by atoms with van der Waals surface area (Å²) in [5.41, 5.74) is 6.03. The van der Waals surface area contributed by atoms with Crippen molar-refractivity contribution in [3.63, 3.8) is 0 Å². The highest BCUT2D eigenvalue weighted by Gasteiger charge is 2.07. The molecule has 0 radical (unpaired) electrons. The van der Waals surface area contributed by atoms with Crippen LogP contribution in [-0.2, 0) is 4.74 Å². The molecule has 0 aliphatic carbocycles. The molecular formula is C14H31NO. The maximum atomic E-state index is 6.03. The molecule has 16 heavy (non-hydrogen) atoms. The number of hydrogen-bond donors (Lipinski definition) is 1. The minimum absolute atomic E-state index is 0.305. The Labute approximate surface area is 102 Å². The summed E-state index contributed by atoms with van der Waals surface area (Å²) in [6.07, 6.45) is 12.0. The van der Waals surface area contributed by atoms with Crippen molar-refractivity contribution >= 4 is 0 Å². The quantitative estimate of drug-likeness (QED) is 0.546. The minimum atomic E-state index is 0.305. The van der Waals surface area contributed by atoms with Crippen LogP contribution in [0.25, 0.3) is 0 Å². The third kappa shape index (κ3) is 10.4. The van der Waals surface area contributed by atoms with Crippen LogP contribution in [0.1, 0.15) is 71.6 Å². The van der Waals surface area contributed by atoms with Crippen molar-refractivity contribution in [1.82, 2.24) is 0 Å². The van der Waals surface area contributed by atoms with E-state index in [1.807, 2.05) is 0 Å². The summed E-state index contributed by atoms with van der Waals surface area (Å²) in [5, 5.41) is 0. The topological polar surface area (TPSA) is 35.2 Å². The first-order chi connectivity index (χ1) is 7.70. The van der Waals surface area contributed by atoms with Gasteiger partial charge in [-0.3, -0.25) is 0 Å². The molecule has 0 aromatic heterocycles. The molecule has 2 unspecified atom stereocenters. The van der Waals surface area contributed by atoms with Crippen molar-refractivity contribution in [3.8, 4) is 0 Å². The third-order valence-electron chi connectivity index (χ3n) is 3.22. The highest BCUT2D eigenvalue weighted by Crippen LogP contribution is 2.11. The molecule has 2 atom stereocenters. The average molecular weight is 229 g/mol. The Kier molecular flexibility index (Phi) is 11.3. The van der Waals surface area contributed by atoms with Gasteiger partial charge in [-0.25, -0.2) is 0 Å². The lowest BCUT2D eigenvalue weighted by atomic mass is 10.0. The summed E-state index contributed by atoms with van der Waals surface area (Å²) in [4.78, 5) is 0. The first kappa shape index (κ1) is 15.9. The Balaban J connectivity index is 3.18. The highest BCUT2D eigenvalue weighted by molar-refractivity contribution is 4.65. The molecule has 0 rings (SSSR count). The summed E-state index contributed by atoms with van der Waals surface area (Å²) in [6.45, 7) is 4.35. The maximum absolute atomic E-state index is 6.03. The van der Waals surface area contributed by atoms with E-state index in [1.54, 1.807) is 7.11 Å². The Bertz CT molecular complexity index is 139. The Morgan fingerprint density at radius 1 is 1.00 bits per heavy atom. The van der Waals surface area contributed by atoms with E-state index in [0.29, 0.717) is 12.1 Å². The summed E-state index contributed by atoms with van der Waals surface area (Å²) < 4.78 is 5.21. The lowest BCUT2D eigenvalue weighted by Gasteiger charge is -2.15. The fourth-order valence-electron chi connectivity index (χ4n) is 2.00. The SMILES string of the molecule is CCCCCCCCCC(N)CC(C)OC. The molecule has 2 nitrogen and oxygen atoms in total. The predicted octanol–water partition coefficient (Wildman–Crippen LogP) is 3.88. The molecule has 98 valence electrons. The zero-order chi connectivity index (χ0) is 12.2. The molecule has 2 heteroatoms. The van der Waals surface area contributed by atoms with Gasteiger partial charge < -0.3 is 10.5 Å². The van der Waals surface area contributed by atoms with Gasteiger partial charge in [0.05, 0.1) is 6.10 Å². The van der Waals surface area contributed by atoms with Gasteiger partial charge in [-0.2, -0.15) is 0 Å². The van der Waals surface area contributed by atoms with Crippen molar-refractivity contribution in [2.45, 2.75) is 83.8 Å². The summed E-state index contributed by atoms with van der Waals surface area (Å²) in [5.74, 6) is 0. The zero-order valence-corrected chi connectivity index (χ0v) is 11.5. The van der Waals surface area contributed by atoms with Crippen LogP contribution in [0.4, 0.5) is 0 Å². The van der Waals surface area contributed by atoms with E-state index in [9.17, 15) is 0 Å². The second-order valence-corrected chi connectivity index (χ2v) is 4.95. The van der Waals surface area contributed by atoms with Crippen LogP contribution in [0.2, 0.25) is 0 Å². The standard InChI is InChI=1S/C14H31NO/c1-4-5-6-7-8-9-10-11-14(15)12-13(2)16-3/h13-14H,4-12,15H2,1-3H3. The summed E-state index contributed by atoms with van der Waals surface area (Å²) in [7, 11) is 1.76. The van der Waals surface area contributed by atoms with Crippen LogP contribution >= 0.6 is 0 Å². The molecule has 0 heterocycles. The van der Waals surface area contributed by atoms with Crippen molar-refractivity contribution in [3.05, 3.63) is 0 Å². The van der Waals surface area contributed by atoms with Gasteiger partial charge in [0.2, 0.25) is 0 Å². The highest BCUT2D eigenvalue weighted by atomic mass is 16.5. The average Bonchev–Trinajstić information content (AvgIpc) is 2.27. The Morgan fingerprint density at radius 2 is 1.56 bits per heavy atom. The number of nitrogens with two attached hydrogens (primary N) is 1. The smallest absolute Gasteiger partial charge is 0.0558 e. The summed E-state index contributed by atoms with van der Waals surface area (Å²) in [6, 6.07) is 0.325. The van der Waals surface area contributed by atoms with E-state index >= 15 is 0 Å². The molecule has 0 aliphatic heterocycles. The molecule has 0 spiro atoms. The molecule has 0 fully saturated rings. The fraction of sp³-hybridized carbons (Fsp3) is 1.00. The number of rotatable bonds is 11. The predicted molar refractivity (Wildman–Crippen MR) is 71.7 cm³/mol. The van der Waals surface area contributed by atoms with Crippen LogP contribution in [0, 0.1) is 0 Å². The molecule has 0 aromatic rings. The van der Waals surface area contributed by atoms with Gasteiger partial charge in [0.25, 0.3) is 0 Å². The molecule has 0 bridgehead atoms. The van der Waals surface area contributed by atoms with E-state index in [2.05, 4.69) is 13.8 Å². The summed E-state index contributed by atoms with van der Waals surface area (Å²) >= 11 is 0. The lowest BCUT2D eigenvalue weighted by Crippen LogP contribution is -2.25. The molecule has 0 aliphatic rings. The van der Waals surface area contributed by atoms with Gasteiger partial charge >= 0.3 is 0 Å². The zero-order valence-electron chi connectivity index (χ0n) is 11.5. The fourth-order valence-corrected chi connectivity index (χ4v) is 2.00. The number of methoxy groups -OCH3 is 1. The molecule has 0 amide bonds. The Hall–Kier alpha value is -0.0800.